The molecule has 142 valence electrons. The maximum Gasteiger partial charge on any atom is 0.326 e. The molecule has 0 aromatic heterocycles. The number of ether oxygens (including phenoxy) is 1. The zero-order valence-electron chi connectivity index (χ0n) is 15.5. The molecular weight excluding hydrogens is 337 g/mol. The minimum absolute atomic E-state index is 0.137. The lowest BCUT2D eigenvalue weighted by atomic mass is 9.77. The third-order valence-electron chi connectivity index (χ3n) is 5.43. The average Bonchev–Trinajstić information content (AvgIpc) is 2.82. The van der Waals surface area contributed by atoms with Crippen molar-refractivity contribution in [1.82, 2.24) is 15.1 Å². The smallest absolute Gasteiger partial charge is 0.326 e. The van der Waals surface area contributed by atoms with Gasteiger partial charge in [0.15, 0.2) is 11.6 Å². The van der Waals surface area contributed by atoms with Crippen LogP contribution in [0.5, 0.6) is 5.75 Å². The summed E-state index contributed by atoms with van der Waals surface area (Å²) in [5.41, 5.74) is 0.0236. The summed E-state index contributed by atoms with van der Waals surface area (Å²) in [7, 11) is 3.22. The molecule has 0 bridgehead atoms. The van der Waals surface area contributed by atoms with E-state index in [1.165, 1.54) is 18.1 Å². The zero-order chi connectivity index (χ0) is 18.9. The number of benzene rings is 1. The lowest BCUT2D eigenvalue weighted by Gasteiger charge is -2.33. The molecule has 1 saturated heterocycles. The van der Waals surface area contributed by atoms with Crippen molar-refractivity contribution in [3.05, 3.63) is 29.6 Å². The van der Waals surface area contributed by atoms with Gasteiger partial charge < -0.3 is 10.1 Å². The molecule has 0 radical (unpaired) electrons. The van der Waals surface area contributed by atoms with E-state index in [4.69, 9.17) is 4.74 Å². The molecule has 0 unspecified atom stereocenters. The molecule has 1 aliphatic carbocycles. The summed E-state index contributed by atoms with van der Waals surface area (Å²) in [6.45, 7) is 2.77. The van der Waals surface area contributed by atoms with Gasteiger partial charge in [-0.15, -0.1) is 0 Å². The van der Waals surface area contributed by atoms with Crippen molar-refractivity contribution in [2.75, 3.05) is 20.8 Å². The van der Waals surface area contributed by atoms with E-state index < -0.39 is 11.4 Å². The van der Waals surface area contributed by atoms with E-state index >= 15 is 0 Å². The SMILES string of the molecule is COc1ccc(CN(C)CN2C(=O)NC3(CCC(C)CC3)C2=O)cc1F. The van der Waals surface area contributed by atoms with Gasteiger partial charge in [0.2, 0.25) is 0 Å². The van der Waals surface area contributed by atoms with Gasteiger partial charge in [-0.3, -0.25) is 9.69 Å². The minimum Gasteiger partial charge on any atom is -0.494 e. The summed E-state index contributed by atoms with van der Waals surface area (Å²) < 4.78 is 18.7. The monoisotopic (exact) mass is 363 g/mol. The third-order valence-corrected chi connectivity index (χ3v) is 5.43. The van der Waals surface area contributed by atoms with Gasteiger partial charge in [-0.2, -0.15) is 0 Å². The first-order chi connectivity index (χ1) is 12.3. The van der Waals surface area contributed by atoms with E-state index in [0.29, 0.717) is 25.3 Å². The van der Waals surface area contributed by atoms with Gasteiger partial charge in [-0.1, -0.05) is 13.0 Å². The minimum atomic E-state index is -0.726. The van der Waals surface area contributed by atoms with Crippen LogP contribution in [0.1, 0.15) is 38.2 Å². The molecule has 0 atom stereocenters. The normalized spacial score (nSPS) is 25.9. The molecule has 1 aromatic rings. The van der Waals surface area contributed by atoms with Crippen molar-refractivity contribution in [2.24, 2.45) is 5.92 Å². The summed E-state index contributed by atoms with van der Waals surface area (Å²) in [5, 5.41) is 2.92. The Morgan fingerprint density at radius 3 is 2.65 bits per heavy atom. The number of hydrogen-bond acceptors (Lipinski definition) is 4. The lowest BCUT2D eigenvalue weighted by Crippen LogP contribution is -2.49. The zero-order valence-corrected chi connectivity index (χ0v) is 15.5. The van der Waals surface area contributed by atoms with Crippen LogP contribution in [-0.4, -0.2) is 48.1 Å². The highest BCUT2D eigenvalue weighted by Crippen LogP contribution is 2.36. The molecule has 1 spiro atoms. The van der Waals surface area contributed by atoms with Gasteiger partial charge in [-0.05, 0) is 56.3 Å². The molecule has 2 aliphatic rings. The van der Waals surface area contributed by atoms with E-state index in [1.54, 1.807) is 19.2 Å². The molecule has 1 saturated carbocycles. The van der Waals surface area contributed by atoms with Crippen LogP contribution >= 0.6 is 0 Å². The second kappa shape index (κ2) is 7.23. The quantitative estimate of drug-likeness (QED) is 0.817. The number of amides is 3. The van der Waals surface area contributed by atoms with E-state index in [2.05, 4.69) is 12.2 Å². The Hall–Kier alpha value is -2.15. The lowest BCUT2D eigenvalue weighted by molar-refractivity contribution is -0.134. The van der Waals surface area contributed by atoms with Crippen LogP contribution < -0.4 is 10.1 Å². The number of carbonyl (C=O) groups excluding carboxylic acids is 2. The standard InChI is InChI=1S/C19H26FN3O3/c1-13-6-8-19(9-7-13)17(24)23(18(25)21-19)12-22(2)11-14-4-5-16(26-3)15(20)10-14/h4-5,10,13H,6-9,11-12H2,1-3H3,(H,21,25). The Bertz CT molecular complexity index is 701. The van der Waals surface area contributed by atoms with Crippen LogP contribution in [0.2, 0.25) is 0 Å². The van der Waals surface area contributed by atoms with E-state index in [1.807, 2.05) is 4.90 Å². The van der Waals surface area contributed by atoms with Gasteiger partial charge in [-0.25, -0.2) is 14.1 Å². The molecule has 7 heteroatoms. The second-order valence-corrected chi connectivity index (χ2v) is 7.55. The molecule has 6 nitrogen and oxygen atoms in total. The number of urea groups is 1. The second-order valence-electron chi connectivity index (χ2n) is 7.55. The number of halogens is 1. The van der Waals surface area contributed by atoms with Gasteiger partial charge in [0.05, 0.1) is 13.8 Å². The van der Waals surface area contributed by atoms with Gasteiger partial charge >= 0.3 is 6.03 Å². The largest absolute Gasteiger partial charge is 0.494 e. The Kier molecular flexibility index (Phi) is 5.18. The Labute approximate surface area is 153 Å². The number of carbonyl (C=O) groups is 2. The van der Waals surface area contributed by atoms with Crippen molar-refractivity contribution < 1.29 is 18.7 Å². The van der Waals surface area contributed by atoms with Crippen molar-refractivity contribution in [2.45, 2.75) is 44.7 Å². The summed E-state index contributed by atoms with van der Waals surface area (Å²) in [6.07, 6.45) is 3.28. The Morgan fingerprint density at radius 2 is 2.04 bits per heavy atom. The fourth-order valence-corrected chi connectivity index (χ4v) is 3.81. The number of imide groups is 1. The van der Waals surface area contributed by atoms with Crippen LogP contribution in [0, 0.1) is 11.7 Å². The third kappa shape index (κ3) is 3.53. The van der Waals surface area contributed by atoms with Crippen LogP contribution in [0.25, 0.3) is 0 Å². The number of nitrogens with one attached hydrogen (secondary N) is 1. The van der Waals surface area contributed by atoms with Crippen LogP contribution in [0.3, 0.4) is 0 Å². The van der Waals surface area contributed by atoms with Crippen LogP contribution in [0.4, 0.5) is 9.18 Å². The Balaban J connectivity index is 1.64. The van der Waals surface area contributed by atoms with Crippen LogP contribution in [0.15, 0.2) is 18.2 Å². The van der Waals surface area contributed by atoms with Crippen molar-refractivity contribution in [3.63, 3.8) is 0 Å². The van der Waals surface area contributed by atoms with Crippen molar-refractivity contribution in [1.29, 1.82) is 0 Å². The predicted molar refractivity (Wildman–Crippen MR) is 95.0 cm³/mol. The van der Waals surface area contributed by atoms with Crippen molar-refractivity contribution >= 4 is 11.9 Å². The number of hydrogen-bond donors (Lipinski definition) is 1. The summed E-state index contributed by atoms with van der Waals surface area (Å²) >= 11 is 0. The first kappa shape index (κ1) is 18.6. The van der Waals surface area contributed by atoms with Crippen molar-refractivity contribution in [3.8, 4) is 5.75 Å². The highest BCUT2D eigenvalue weighted by Gasteiger charge is 2.52. The van der Waals surface area contributed by atoms with Gasteiger partial charge in [0.25, 0.3) is 5.91 Å². The highest BCUT2D eigenvalue weighted by molar-refractivity contribution is 6.07. The fourth-order valence-electron chi connectivity index (χ4n) is 3.81. The molecule has 1 aliphatic heterocycles. The molecule has 1 aromatic carbocycles. The summed E-state index contributed by atoms with van der Waals surface area (Å²) in [5.74, 6) is 0.219. The maximum absolute atomic E-state index is 13.8. The van der Waals surface area contributed by atoms with Gasteiger partial charge in [0, 0.05) is 6.54 Å². The summed E-state index contributed by atoms with van der Waals surface area (Å²) in [6, 6.07) is 4.42. The van der Waals surface area contributed by atoms with E-state index in [0.717, 1.165) is 18.4 Å². The number of nitrogens with zero attached hydrogens (tertiary/aromatic N) is 2. The number of methoxy groups -OCH3 is 1. The number of rotatable bonds is 5. The molecule has 1 heterocycles. The average molecular weight is 363 g/mol. The topological polar surface area (TPSA) is 61.9 Å². The van der Waals surface area contributed by atoms with Gasteiger partial charge in [0.1, 0.15) is 5.54 Å². The molecule has 2 fully saturated rings. The molecule has 3 amide bonds. The van der Waals surface area contributed by atoms with E-state index in [9.17, 15) is 14.0 Å². The highest BCUT2D eigenvalue weighted by atomic mass is 19.1. The molecule has 3 rings (SSSR count). The first-order valence-electron chi connectivity index (χ1n) is 9.00. The molecule has 1 N–H and O–H groups in total. The maximum atomic E-state index is 13.8. The summed E-state index contributed by atoms with van der Waals surface area (Å²) in [4.78, 5) is 28.3. The van der Waals surface area contributed by atoms with E-state index in [-0.39, 0.29) is 24.4 Å². The molecule has 26 heavy (non-hydrogen) atoms. The first-order valence-corrected chi connectivity index (χ1v) is 9.00. The Morgan fingerprint density at radius 1 is 1.35 bits per heavy atom. The predicted octanol–water partition coefficient (Wildman–Crippen LogP) is 2.72. The molecular formula is C19H26FN3O3. The van der Waals surface area contributed by atoms with Crippen LogP contribution in [-0.2, 0) is 11.3 Å². The fraction of sp³-hybridized carbons (Fsp3) is 0.579.